The van der Waals surface area contributed by atoms with Crippen molar-refractivity contribution in [3.8, 4) is 5.75 Å². The van der Waals surface area contributed by atoms with E-state index in [0.29, 0.717) is 4.48 Å². The van der Waals surface area contributed by atoms with E-state index in [0.717, 1.165) is 0 Å². The highest BCUT2D eigenvalue weighted by molar-refractivity contribution is 5.88. The van der Waals surface area contributed by atoms with Gasteiger partial charge in [-0.1, -0.05) is 12.1 Å². The van der Waals surface area contributed by atoms with Gasteiger partial charge in [-0.3, -0.25) is 0 Å². The summed E-state index contributed by atoms with van der Waals surface area (Å²) < 4.78 is 0.611. The number of hydrogen-bond donors (Lipinski definition) is 2. The van der Waals surface area contributed by atoms with Crippen LogP contribution < -0.4 is 5.11 Å². The van der Waals surface area contributed by atoms with E-state index in [1.54, 1.807) is 13.0 Å². The van der Waals surface area contributed by atoms with Gasteiger partial charge in [-0.05, 0) is 12.1 Å². The van der Waals surface area contributed by atoms with Crippen molar-refractivity contribution in [3.05, 3.63) is 29.8 Å². The average Bonchev–Trinajstić information content (AvgIpc) is 2.17. The summed E-state index contributed by atoms with van der Waals surface area (Å²) in [5, 5.41) is 27.9. The normalized spacial score (nSPS) is 12.3. The molecule has 0 saturated heterocycles. The number of carboxylic acids is 1. The number of nitrogens with zero attached hydrogens (tertiary/aromatic N) is 1. The smallest absolute Gasteiger partial charge is 0.187 e. The highest BCUT2D eigenvalue weighted by Crippen LogP contribution is 2.13. The Morgan fingerprint density at radius 2 is 1.71 bits per heavy atom. The topological polar surface area (TPSA) is 80.6 Å². The third-order valence-corrected chi connectivity index (χ3v) is 2.24. The number of aliphatic hydroxyl groups is 1. The fourth-order valence-electron chi connectivity index (χ4n) is 0.646. The molecule has 0 bridgehead atoms. The van der Waals surface area contributed by atoms with E-state index >= 15 is 0 Å². The largest absolute Gasteiger partial charge is 0.545 e. The number of aromatic carboxylic acids is 1. The van der Waals surface area contributed by atoms with Gasteiger partial charge < -0.3 is 24.6 Å². The Balaban J connectivity index is 0.000000325. The molecule has 0 aliphatic heterocycles. The number of rotatable bonds is 2. The first kappa shape index (κ1) is 15.4. The number of carbonyl (C=O) groups is 1. The first-order chi connectivity index (χ1) is 7.66. The number of aromatic hydroxyl groups is 1. The van der Waals surface area contributed by atoms with Gasteiger partial charge in [0.15, 0.2) is 6.23 Å². The molecule has 1 aromatic rings. The second kappa shape index (κ2) is 6.22. The highest BCUT2D eigenvalue weighted by Gasteiger charge is 2.12. The van der Waals surface area contributed by atoms with Gasteiger partial charge in [0.05, 0.1) is 27.1 Å². The third kappa shape index (κ3) is 5.89. The first-order valence-electron chi connectivity index (χ1n) is 5.14. The van der Waals surface area contributed by atoms with Gasteiger partial charge in [0.1, 0.15) is 5.75 Å². The van der Waals surface area contributed by atoms with Gasteiger partial charge in [0.25, 0.3) is 0 Å². The van der Waals surface area contributed by atoms with Gasteiger partial charge in [-0.25, -0.2) is 0 Å². The van der Waals surface area contributed by atoms with Crippen molar-refractivity contribution < 1.29 is 24.6 Å². The van der Waals surface area contributed by atoms with Crippen LogP contribution in [0.25, 0.3) is 0 Å². The minimum absolute atomic E-state index is 0.178. The SMILES string of the molecule is CC(O)[N+](C)(C)C.O=C([O-])c1ccccc1O. The summed E-state index contributed by atoms with van der Waals surface area (Å²) in [6.45, 7) is 1.78. The molecule has 0 fully saturated rings. The molecular weight excluding hydrogens is 222 g/mol. The van der Waals surface area contributed by atoms with Crippen LogP contribution in [0.4, 0.5) is 0 Å². The predicted molar refractivity (Wildman–Crippen MR) is 62.2 cm³/mol. The molecule has 0 aliphatic carbocycles. The molecule has 5 nitrogen and oxygen atoms in total. The standard InChI is InChI=1S/C7H6O3.C5H14NO/c8-6-4-2-1-3-5(6)7(9)10;1-5(7)6(2,3)4/h1-4,8H,(H,9,10);5,7H,1-4H3/q;+1/p-1. The molecule has 0 radical (unpaired) electrons. The maximum atomic E-state index is 10.2. The summed E-state index contributed by atoms with van der Waals surface area (Å²) in [7, 11) is 5.85. The molecule has 1 aromatic carbocycles. The summed E-state index contributed by atoms with van der Waals surface area (Å²) in [6, 6.07) is 5.64. The maximum Gasteiger partial charge on any atom is 0.187 e. The monoisotopic (exact) mass is 241 g/mol. The van der Waals surface area contributed by atoms with Gasteiger partial charge >= 0.3 is 0 Å². The van der Waals surface area contributed by atoms with Crippen LogP contribution in [0, 0.1) is 0 Å². The van der Waals surface area contributed by atoms with Gasteiger partial charge in [0.2, 0.25) is 0 Å². The van der Waals surface area contributed by atoms with Crippen LogP contribution in [0.5, 0.6) is 5.75 Å². The summed E-state index contributed by atoms with van der Waals surface area (Å²) in [6.07, 6.45) is -0.264. The number of quaternary nitrogens is 1. The molecule has 2 N–H and O–H groups in total. The molecule has 0 amide bonds. The van der Waals surface area contributed by atoms with E-state index in [2.05, 4.69) is 0 Å². The molecule has 0 aromatic heterocycles. The minimum Gasteiger partial charge on any atom is -0.545 e. The number of benzene rings is 1. The Hall–Kier alpha value is -1.59. The second-order valence-electron chi connectivity index (χ2n) is 4.55. The van der Waals surface area contributed by atoms with Crippen LogP contribution in [0.2, 0.25) is 0 Å². The van der Waals surface area contributed by atoms with Crippen LogP contribution in [0.3, 0.4) is 0 Å². The Morgan fingerprint density at radius 3 is 1.94 bits per heavy atom. The Bertz CT molecular complexity index is 369. The van der Waals surface area contributed by atoms with E-state index in [1.165, 1.54) is 18.2 Å². The molecule has 1 unspecified atom stereocenters. The van der Waals surface area contributed by atoms with Crippen LogP contribution in [-0.2, 0) is 0 Å². The zero-order valence-electron chi connectivity index (χ0n) is 10.5. The molecule has 0 aliphatic rings. The van der Waals surface area contributed by atoms with Crippen molar-refractivity contribution in [3.63, 3.8) is 0 Å². The van der Waals surface area contributed by atoms with E-state index in [9.17, 15) is 9.90 Å². The van der Waals surface area contributed by atoms with Crippen LogP contribution in [0.15, 0.2) is 24.3 Å². The summed E-state index contributed by atoms with van der Waals surface area (Å²) in [5.41, 5.74) is -0.178. The second-order valence-corrected chi connectivity index (χ2v) is 4.55. The lowest BCUT2D eigenvalue weighted by molar-refractivity contribution is -0.916. The predicted octanol–water partition coefficient (Wildman–Crippen LogP) is -0.213. The van der Waals surface area contributed by atoms with Gasteiger partial charge in [-0.2, -0.15) is 0 Å². The number of carboxylic acid groups (broad SMARTS) is 1. The molecule has 5 heteroatoms. The van der Waals surface area contributed by atoms with Crippen molar-refractivity contribution in [1.82, 2.24) is 0 Å². The van der Waals surface area contributed by atoms with Gasteiger partial charge in [-0.15, -0.1) is 0 Å². The Kier molecular flexibility index (Phi) is 5.64. The van der Waals surface area contributed by atoms with Crippen molar-refractivity contribution in [2.75, 3.05) is 21.1 Å². The molecule has 0 heterocycles. The van der Waals surface area contributed by atoms with Crippen molar-refractivity contribution in [2.24, 2.45) is 0 Å². The van der Waals surface area contributed by atoms with Crippen LogP contribution >= 0.6 is 0 Å². The van der Waals surface area contributed by atoms with E-state index < -0.39 is 5.97 Å². The van der Waals surface area contributed by atoms with Crippen LogP contribution in [0.1, 0.15) is 17.3 Å². The van der Waals surface area contributed by atoms with Gasteiger partial charge in [0, 0.05) is 12.5 Å². The maximum absolute atomic E-state index is 10.2. The number of phenols is 1. The fourth-order valence-corrected chi connectivity index (χ4v) is 0.646. The van der Waals surface area contributed by atoms with E-state index in [4.69, 9.17) is 10.2 Å². The van der Waals surface area contributed by atoms with Crippen LogP contribution in [-0.4, -0.2) is 48.0 Å². The molecule has 17 heavy (non-hydrogen) atoms. The Labute approximate surface area is 101 Å². The first-order valence-corrected chi connectivity index (χ1v) is 5.14. The summed E-state index contributed by atoms with van der Waals surface area (Å²) in [5.74, 6) is -1.62. The lowest BCUT2D eigenvalue weighted by Crippen LogP contribution is -2.42. The average molecular weight is 241 g/mol. The molecule has 0 spiro atoms. The Morgan fingerprint density at radius 1 is 1.29 bits per heavy atom. The van der Waals surface area contributed by atoms with Crippen molar-refractivity contribution >= 4 is 5.97 Å². The molecule has 1 atom stereocenters. The summed E-state index contributed by atoms with van der Waals surface area (Å²) >= 11 is 0. The highest BCUT2D eigenvalue weighted by atomic mass is 16.4. The molecule has 96 valence electrons. The molecule has 1 rings (SSSR count). The number of hydrogen-bond acceptors (Lipinski definition) is 4. The minimum atomic E-state index is -1.36. The van der Waals surface area contributed by atoms with Crippen molar-refractivity contribution in [2.45, 2.75) is 13.2 Å². The fraction of sp³-hybridized carbons (Fsp3) is 0.417. The quantitative estimate of drug-likeness (QED) is 0.554. The number of para-hydroxylation sites is 1. The number of carbonyl (C=O) groups excluding carboxylic acids is 1. The number of aliphatic hydroxyl groups excluding tert-OH is 1. The van der Waals surface area contributed by atoms with Crippen molar-refractivity contribution in [1.29, 1.82) is 0 Å². The molecular formula is C12H19NO4. The lowest BCUT2D eigenvalue weighted by atomic mass is 10.2. The van der Waals surface area contributed by atoms with E-state index in [-0.39, 0.29) is 17.5 Å². The van der Waals surface area contributed by atoms with E-state index in [1.807, 2.05) is 21.1 Å². The zero-order valence-corrected chi connectivity index (χ0v) is 10.5. The lowest BCUT2D eigenvalue weighted by Gasteiger charge is -2.26. The zero-order chi connectivity index (χ0) is 13.6. The molecule has 0 saturated carbocycles. The summed E-state index contributed by atoms with van der Waals surface area (Å²) in [4.78, 5) is 10.2. The third-order valence-electron chi connectivity index (χ3n) is 2.24.